The van der Waals surface area contributed by atoms with E-state index in [0.29, 0.717) is 13.0 Å². The van der Waals surface area contributed by atoms with E-state index in [9.17, 15) is 14.4 Å². The van der Waals surface area contributed by atoms with Crippen molar-refractivity contribution in [3.63, 3.8) is 0 Å². The first-order valence-electron chi connectivity index (χ1n) is 9.31. The van der Waals surface area contributed by atoms with Crippen molar-refractivity contribution in [2.24, 2.45) is 11.8 Å². The van der Waals surface area contributed by atoms with E-state index in [1.54, 1.807) is 18.9 Å². The Balaban J connectivity index is 2.75. The molecule has 0 aliphatic carbocycles. The minimum atomic E-state index is -0.626. The van der Waals surface area contributed by atoms with Gasteiger partial charge in [0.1, 0.15) is 6.04 Å². The lowest BCUT2D eigenvalue weighted by molar-refractivity contribution is -0.133. The summed E-state index contributed by atoms with van der Waals surface area (Å²) in [4.78, 5) is 38.5. The molecule has 0 spiro atoms. The molecular formula is C20H33N3O3. The number of amides is 3. The average Bonchev–Trinajstić information content (AvgIpc) is 2.65. The zero-order chi connectivity index (χ0) is 19.9. The van der Waals surface area contributed by atoms with Gasteiger partial charge in [-0.05, 0) is 38.7 Å². The molecule has 146 valence electrons. The van der Waals surface area contributed by atoms with Gasteiger partial charge >= 0.3 is 0 Å². The van der Waals surface area contributed by atoms with Crippen molar-refractivity contribution >= 4 is 17.7 Å². The van der Waals surface area contributed by atoms with Gasteiger partial charge in [0.2, 0.25) is 17.7 Å². The summed E-state index contributed by atoms with van der Waals surface area (Å²) >= 11 is 0. The van der Waals surface area contributed by atoms with Crippen molar-refractivity contribution in [1.29, 1.82) is 0 Å². The van der Waals surface area contributed by atoms with Crippen LogP contribution in [0.4, 0.5) is 0 Å². The number of nitrogens with one attached hydrogen (secondary N) is 2. The van der Waals surface area contributed by atoms with Crippen LogP contribution in [0.1, 0.15) is 47.5 Å². The number of carbonyl (C=O) groups is 3. The van der Waals surface area contributed by atoms with Gasteiger partial charge in [0, 0.05) is 26.6 Å². The summed E-state index contributed by atoms with van der Waals surface area (Å²) in [5.41, 5.74) is 2.14. The zero-order valence-electron chi connectivity index (χ0n) is 16.9. The van der Waals surface area contributed by atoms with E-state index < -0.39 is 6.04 Å². The molecule has 0 saturated carbocycles. The van der Waals surface area contributed by atoms with E-state index in [-0.39, 0.29) is 36.1 Å². The minimum absolute atomic E-state index is 0.0128. The molecule has 1 heterocycles. The van der Waals surface area contributed by atoms with Crippen LogP contribution in [0.3, 0.4) is 0 Å². The molecule has 1 rings (SSSR count). The fraction of sp³-hybridized carbons (Fsp3) is 0.650. The van der Waals surface area contributed by atoms with E-state index in [4.69, 9.17) is 0 Å². The number of carbonyl (C=O) groups excluding carboxylic acids is 3. The highest BCUT2D eigenvalue weighted by atomic mass is 16.2. The molecule has 0 aromatic heterocycles. The Morgan fingerprint density at radius 1 is 1.31 bits per heavy atom. The normalized spacial score (nSPS) is 19.7. The highest BCUT2D eigenvalue weighted by Gasteiger charge is 2.29. The zero-order valence-corrected chi connectivity index (χ0v) is 16.9. The van der Waals surface area contributed by atoms with E-state index >= 15 is 0 Å². The minimum Gasteiger partial charge on any atom is -0.353 e. The Bertz CT molecular complexity index is 593. The molecule has 2 N–H and O–H groups in total. The maximum atomic E-state index is 12.6. The molecular weight excluding hydrogens is 330 g/mol. The SMILES string of the molecule is C/C=C\C1=C(C)[C@H](CNC(=O)[C@H](C)NC(=O)CC(C)C)C(=O)N(C)CC1. The van der Waals surface area contributed by atoms with Gasteiger partial charge in [-0.3, -0.25) is 14.4 Å². The second-order valence-corrected chi connectivity index (χ2v) is 7.40. The Morgan fingerprint density at radius 2 is 1.96 bits per heavy atom. The molecule has 1 aliphatic heterocycles. The first kappa shape index (κ1) is 21.9. The molecule has 0 aromatic carbocycles. The Kier molecular flexibility index (Phi) is 8.55. The summed E-state index contributed by atoms with van der Waals surface area (Å²) in [6.07, 6.45) is 5.20. The van der Waals surface area contributed by atoms with Crippen LogP contribution in [0.5, 0.6) is 0 Å². The second-order valence-electron chi connectivity index (χ2n) is 7.40. The van der Waals surface area contributed by atoms with Crippen molar-refractivity contribution in [2.45, 2.75) is 53.5 Å². The molecule has 0 radical (unpaired) electrons. The molecule has 1 aliphatic rings. The van der Waals surface area contributed by atoms with E-state index in [0.717, 1.165) is 17.6 Å². The molecule has 0 aromatic rings. The lowest BCUT2D eigenvalue weighted by Crippen LogP contribution is -2.47. The Morgan fingerprint density at radius 3 is 2.54 bits per heavy atom. The lowest BCUT2D eigenvalue weighted by atomic mass is 9.94. The van der Waals surface area contributed by atoms with Crippen LogP contribution in [-0.4, -0.2) is 48.8 Å². The number of nitrogens with zero attached hydrogens (tertiary/aromatic N) is 1. The topological polar surface area (TPSA) is 78.5 Å². The van der Waals surface area contributed by atoms with Crippen molar-refractivity contribution in [1.82, 2.24) is 15.5 Å². The molecule has 0 fully saturated rings. The Hall–Kier alpha value is -2.11. The van der Waals surface area contributed by atoms with Crippen LogP contribution in [0, 0.1) is 11.8 Å². The van der Waals surface area contributed by atoms with Crippen LogP contribution in [-0.2, 0) is 14.4 Å². The van der Waals surface area contributed by atoms with Gasteiger partial charge in [-0.15, -0.1) is 0 Å². The smallest absolute Gasteiger partial charge is 0.242 e. The van der Waals surface area contributed by atoms with Gasteiger partial charge in [-0.2, -0.15) is 0 Å². The molecule has 0 bridgehead atoms. The molecule has 26 heavy (non-hydrogen) atoms. The predicted molar refractivity (Wildman–Crippen MR) is 103 cm³/mol. The van der Waals surface area contributed by atoms with Crippen LogP contribution in [0.2, 0.25) is 0 Å². The molecule has 0 saturated heterocycles. The van der Waals surface area contributed by atoms with E-state index in [1.807, 2.05) is 39.8 Å². The Labute approximate surface area is 157 Å². The van der Waals surface area contributed by atoms with E-state index in [2.05, 4.69) is 10.6 Å². The molecule has 6 heteroatoms. The summed E-state index contributed by atoms with van der Waals surface area (Å²) in [7, 11) is 1.79. The first-order valence-corrected chi connectivity index (χ1v) is 9.31. The molecule has 6 nitrogen and oxygen atoms in total. The number of rotatable bonds is 7. The van der Waals surface area contributed by atoms with Crippen LogP contribution >= 0.6 is 0 Å². The van der Waals surface area contributed by atoms with Gasteiger partial charge in [0.25, 0.3) is 0 Å². The summed E-state index contributed by atoms with van der Waals surface area (Å²) in [6, 6.07) is -0.626. The molecule has 2 atom stereocenters. The number of hydrogen-bond donors (Lipinski definition) is 2. The van der Waals surface area contributed by atoms with Gasteiger partial charge in [0.05, 0.1) is 5.92 Å². The molecule has 0 unspecified atom stereocenters. The third-order valence-corrected chi connectivity index (χ3v) is 4.63. The van der Waals surface area contributed by atoms with Crippen LogP contribution in [0.25, 0.3) is 0 Å². The van der Waals surface area contributed by atoms with Gasteiger partial charge in [-0.25, -0.2) is 0 Å². The fourth-order valence-electron chi connectivity index (χ4n) is 3.02. The van der Waals surface area contributed by atoms with Crippen molar-refractivity contribution < 1.29 is 14.4 Å². The average molecular weight is 364 g/mol. The third-order valence-electron chi connectivity index (χ3n) is 4.63. The summed E-state index contributed by atoms with van der Waals surface area (Å²) in [5.74, 6) is -0.543. The summed E-state index contributed by atoms with van der Waals surface area (Å²) in [6.45, 7) is 10.4. The van der Waals surface area contributed by atoms with Gasteiger partial charge in [0.15, 0.2) is 0 Å². The van der Waals surface area contributed by atoms with Gasteiger partial charge in [-0.1, -0.05) is 31.6 Å². The molecule has 3 amide bonds. The largest absolute Gasteiger partial charge is 0.353 e. The maximum Gasteiger partial charge on any atom is 0.242 e. The van der Waals surface area contributed by atoms with Crippen molar-refractivity contribution in [3.05, 3.63) is 23.3 Å². The number of allylic oxidation sites excluding steroid dienone is 2. The van der Waals surface area contributed by atoms with Crippen LogP contribution < -0.4 is 10.6 Å². The second kappa shape index (κ2) is 10.1. The standard InChI is InChI=1S/C20H33N3O3/c1-7-8-16-9-10-23(6)20(26)17(14(16)4)12-21-19(25)15(5)22-18(24)11-13(2)3/h7-8,13,15,17H,9-12H2,1-6H3,(H,21,25)(H,22,24)/b8-7-/t15-,17-/m0/s1. The van der Waals surface area contributed by atoms with E-state index in [1.165, 1.54) is 0 Å². The quantitative estimate of drug-likeness (QED) is 0.726. The first-order chi connectivity index (χ1) is 12.2. The lowest BCUT2D eigenvalue weighted by Gasteiger charge is -2.23. The fourth-order valence-corrected chi connectivity index (χ4v) is 3.02. The summed E-state index contributed by atoms with van der Waals surface area (Å²) in [5, 5.41) is 5.53. The van der Waals surface area contributed by atoms with Crippen molar-refractivity contribution in [3.8, 4) is 0 Å². The maximum absolute atomic E-state index is 12.6. The monoisotopic (exact) mass is 363 g/mol. The van der Waals surface area contributed by atoms with Crippen molar-refractivity contribution in [2.75, 3.05) is 20.1 Å². The third kappa shape index (κ3) is 6.32. The van der Waals surface area contributed by atoms with Crippen LogP contribution in [0.15, 0.2) is 23.3 Å². The predicted octanol–water partition coefficient (Wildman–Crippen LogP) is 2.02. The van der Waals surface area contributed by atoms with Gasteiger partial charge < -0.3 is 15.5 Å². The summed E-state index contributed by atoms with van der Waals surface area (Å²) < 4.78 is 0. The highest BCUT2D eigenvalue weighted by Crippen LogP contribution is 2.24. The highest BCUT2D eigenvalue weighted by molar-refractivity contribution is 5.88. The number of hydrogen-bond acceptors (Lipinski definition) is 3.